The van der Waals surface area contributed by atoms with Crippen LogP contribution in [0.25, 0.3) is 0 Å². The summed E-state index contributed by atoms with van der Waals surface area (Å²) in [6.07, 6.45) is -1.17. The van der Waals surface area contributed by atoms with E-state index in [1.807, 2.05) is 38.1 Å². The minimum absolute atomic E-state index is 0.214. The Balaban J connectivity index is 1.13. The van der Waals surface area contributed by atoms with Gasteiger partial charge in [-0.05, 0) is 80.1 Å². The van der Waals surface area contributed by atoms with Crippen molar-refractivity contribution in [1.29, 1.82) is 0 Å². The maximum absolute atomic E-state index is 12.9. The normalized spacial score (nSPS) is 19.5. The Morgan fingerprint density at radius 3 is 2.38 bits per heavy atom. The van der Waals surface area contributed by atoms with E-state index >= 15 is 0 Å². The summed E-state index contributed by atoms with van der Waals surface area (Å²) >= 11 is 0. The number of ether oxygens (including phenoxy) is 2. The van der Waals surface area contributed by atoms with Gasteiger partial charge in [-0.25, -0.2) is 0 Å². The van der Waals surface area contributed by atoms with Crippen LogP contribution in [0, 0.1) is 10.1 Å². The van der Waals surface area contributed by atoms with Gasteiger partial charge in [0, 0.05) is 42.0 Å². The van der Waals surface area contributed by atoms with Crippen molar-refractivity contribution in [1.82, 2.24) is 9.55 Å². The lowest BCUT2D eigenvalue weighted by Crippen LogP contribution is -2.45. The molecular weight excluding hydrogens is 515 g/mol. The smallest absolute Gasteiger partial charge is 0.416 e. The van der Waals surface area contributed by atoms with Crippen LogP contribution < -0.4 is 19.3 Å². The number of hydrogen-bond donors (Lipinski definition) is 0. The number of aromatic nitrogens is 2. The van der Waals surface area contributed by atoms with Gasteiger partial charge < -0.3 is 29.4 Å². The molecule has 1 saturated heterocycles. The van der Waals surface area contributed by atoms with Crippen LogP contribution in [0.5, 0.6) is 11.8 Å². The van der Waals surface area contributed by atoms with Gasteiger partial charge in [-0.1, -0.05) is 0 Å². The van der Waals surface area contributed by atoms with Crippen LogP contribution in [0.15, 0.2) is 54.7 Å². The summed E-state index contributed by atoms with van der Waals surface area (Å²) in [5, 5.41) is 10.9. The molecular formula is C27H30F3N5O4. The number of fused-ring (bicyclic) bond motifs is 1. The number of nitrogens with zero attached hydrogens (tertiary/aromatic N) is 5. The summed E-state index contributed by atoms with van der Waals surface area (Å²) in [6, 6.07) is 13.7. The van der Waals surface area contributed by atoms with Crippen LogP contribution in [-0.4, -0.2) is 52.4 Å². The number of halogens is 3. The van der Waals surface area contributed by atoms with Gasteiger partial charge in [0.2, 0.25) is 0 Å². The van der Waals surface area contributed by atoms with E-state index in [0.29, 0.717) is 12.3 Å². The zero-order valence-electron chi connectivity index (χ0n) is 21.7. The van der Waals surface area contributed by atoms with Gasteiger partial charge in [0.1, 0.15) is 18.6 Å². The Kier molecular flexibility index (Phi) is 7.04. The molecule has 1 atom stereocenters. The van der Waals surface area contributed by atoms with Crippen molar-refractivity contribution >= 4 is 17.2 Å². The van der Waals surface area contributed by atoms with Crippen molar-refractivity contribution in [2.75, 3.05) is 36.0 Å². The van der Waals surface area contributed by atoms with Gasteiger partial charge in [-0.2, -0.15) is 13.2 Å². The molecule has 0 aliphatic carbocycles. The largest absolute Gasteiger partial charge is 0.489 e. The van der Waals surface area contributed by atoms with Crippen molar-refractivity contribution in [2.45, 2.75) is 51.1 Å². The number of alkyl halides is 3. The second-order valence-electron chi connectivity index (χ2n) is 10.2. The summed E-state index contributed by atoms with van der Waals surface area (Å²) in [5.74, 6) is 0.447. The molecule has 1 unspecified atom stereocenters. The van der Waals surface area contributed by atoms with Crippen molar-refractivity contribution in [3.05, 3.63) is 70.4 Å². The third-order valence-electron chi connectivity index (χ3n) is 7.28. The standard InChI is InChI=1S/C27H30F3N5O4/c1-3-34(21-6-4-19(5-7-21)27(28,29)30)22-12-14-32(15-13-22)20-8-10-23(11-9-20)38-18-26(2)17-33-16-24(35(36)37)31-25(33)39-26/h4-11,16,22H,3,12-15,17-18H2,1-2H3. The highest BCUT2D eigenvalue weighted by Gasteiger charge is 2.41. The van der Waals surface area contributed by atoms with Gasteiger partial charge in [0.25, 0.3) is 0 Å². The molecule has 2 aliphatic heterocycles. The molecule has 39 heavy (non-hydrogen) atoms. The lowest BCUT2D eigenvalue weighted by molar-refractivity contribution is -0.389. The Hall–Kier alpha value is -3.96. The third kappa shape index (κ3) is 5.74. The van der Waals surface area contributed by atoms with Crippen LogP contribution in [0.3, 0.4) is 0 Å². The first-order chi connectivity index (χ1) is 18.5. The molecule has 2 aliphatic rings. The second-order valence-corrected chi connectivity index (χ2v) is 10.2. The van der Waals surface area contributed by atoms with E-state index in [1.54, 1.807) is 16.7 Å². The molecule has 1 fully saturated rings. The first-order valence-corrected chi connectivity index (χ1v) is 12.9. The summed E-state index contributed by atoms with van der Waals surface area (Å²) in [5.41, 5.74) is 0.574. The minimum Gasteiger partial charge on any atom is -0.489 e. The average molecular weight is 546 g/mol. The maximum Gasteiger partial charge on any atom is 0.416 e. The fraction of sp³-hybridized carbons (Fsp3) is 0.444. The summed E-state index contributed by atoms with van der Waals surface area (Å²) in [4.78, 5) is 18.7. The molecule has 5 rings (SSSR count). The Morgan fingerprint density at radius 1 is 1.15 bits per heavy atom. The lowest BCUT2D eigenvalue weighted by atomic mass is 10.0. The summed E-state index contributed by atoms with van der Waals surface area (Å²) < 4.78 is 52.2. The van der Waals surface area contributed by atoms with Gasteiger partial charge in [-0.15, -0.1) is 0 Å². The van der Waals surface area contributed by atoms with Gasteiger partial charge in [0.15, 0.2) is 5.60 Å². The van der Waals surface area contributed by atoms with E-state index in [2.05, 4.69) is 14.8 Å². The molecule has 208 valence electrons. The molecule has 0 amide bonds. The van der Waals surface area contributed by atoms with Crippen LogP contribution in [0.2, 0.25) is 0 Å². The number of hydrogen-bond acceptors (Lipinski definition) is 7. The number of nitro groups is 1. The molecule has 0 radical (unpaired) electrons. The Labute approximate surface area is 223 Å². The highest BCUT2D eigenvalue weighted by molar-refractivity contribution is 5.52. The third-order valence-corrected chi connectivity index (χ3v) is 7.28. The first-order valence-electron chi connectivity index (χ1n) is 12.9. The van der Waals surface area contributed by atoms with E-state index in [1.165, 1.54) is 6.20 Å². The topological polar surface area (TPSA) is 85.9 Å². The zero-order chi connectivity index (χ0) is 27.8. The quantitative estimate of drug-likeness (QED) is 0.272. The van der Waals surface area contributed by atoms with Crippen LogP contribution in [0.4, 0.5) is 30.4 Å². The Morgan fingerprint density at radius 2 is 1.82 bits per heavy atom. The first kappa shape index (κ1) is 26.6. The summed E-state index contributed by atoms with van der Waals surface area (Å²) in [6.45, 7) is 6.96. The fourth-order valence-electron chi connectivity index (χ4n) is 5.27. The zero-order valence-corrected chi connectivity index (χ0v) is 21.7. The molecule has 0 bridgehead atoms. The number of benzene rings is 2. The second kappa shape index (κ2) is 10.3. The molecule has 3 aromatic rings. The fourth-order valence-corrected chi connectivity index (χ4v) is 5.27. The highest BCUT2D eigenvalue weighted by atomic mass is 19.4. The molecule has 0 spiro atoms. The van der Waals surface area contributed by atoms with Crippen LogP contribution in [0.1, 0.15) is 32.3 Å². The lowest BCUT2D eigenvalue weighted by Gasteiger charge is -2.40. The van der Waals surface area contributed by atoms with Crippen LogP contribution in [-0.2, 0) is 12.7 Å². The maximum atomic E-state index is 12.9. The van der Waals surface area contributed by atoms with E-state index < -0.39 is 22.3 Å². The molecule has 12 heteroatoms. The Bertz CT molecular complexity index is 1280. The van der Waals surface area contributed by atoms with E-state index in [-0.39, 0.29) is 24.5 Å². The number of piperidine rings is 1. The van der Waals surface area contributed by atoms with Gasteiger partial charge >= 0.3 is 18.0 Å². The van der Waals surface area contributed by atoms with Crippen molar-refractivity contribution in [3.63, 3.8) is 0 Å². The van der Waals surface area contributed by atoms with Crippen molar-refractivity contribution < 1.29 is 27.6 Å². The highest BCUT2D eigenvalue weighted by Crippen LogP contribution is 2.34. The predicted octanol–water partition coefficient (Wildman–Crippen LogP) is 5.54. The molecule has 3 heterocycles. The van der Waals surface area contributed by atoms with Gasteiger partial charge in [0.05, 0.1) is 12.1 Å². The van der Waals surface area contributed by atoms with Crippen molar-refractivity contribution in [2.24, 2.45) is 0 Å². The SMILES string of the molecule is CCN(c1ccc(C(F)(F)F)cc1)C1CCN(c2ccc(OCC3(C)Cn4cc([N+](=O)[O-])nc4O3)cc2)CC1. The number of imidazole rings is 1. The average Bonchev–Trinajstić information content (AvgIpc) is 3.44. The van der Waals surface area contributed by atoms with Crippen molar-refractivity contribution in [3.8, 4) is 11.8 Å². The molecule has 2 aromatic carbocycles. The minimum atomic E-state index is -4.33. The number of anilines is 2. The van der Waals surface area contributed by atoms with E-state index in [4.69, 9.17) is 9.47 Å². The molecule has 1 aromatic heterocycles. The van der Waals surface area contributed by atoms with E-state index in [9.17, 15) is 23.3 Å². The number of rotatable bonds is 8. The summed E-state index contributed by atoms with van der Waals surface area (Å²) in [7, 11) is 0. The molecule has 9 nitrogen and oxygen atoms in total. The van der Waals surface area contributed by atoms with Crippen LogP contribution >= 0.6 is 0 Å². The monoisotopic (exact) mass is 545 g/mol. The molecule has 0 N–H and O–H groups in total. The predicted molar refractivity (Wildman–Crippen MR) is 140 cm³/mol. The van der Waals surface area contributed by atoms with Gasteiger partial charge in [-0.3, -0.25) is 4.57 Å². The van der Waals surface area contributed by atoms with E-state index in [0.717, 1.165) is 56.0 Å². The molecule has 0 saturated carbocycles.